The van der Waals surface area contributed by atoms with Crippen LogP contribution in [0.15, 0.2) is 27.6 Å². The summed E-state index contributed by atoms with van der Waals surface area (Å²) in [5, 5.41) is 22.4. The van der Waals surface area contributed by atoms with Gasteiger partial charge < -0.3 is 15.5 Å². The van der Waals surface area contributed by atoms with Gasteiger partial charge in [-0.2, -0.15) is 15.2 Å². The third kappa shape index (κ3) is 3.64. The van der Waals surface area contributed by atoms with Crippen LogP contribution in [0.3, 0.4) is 0 Å². The highest BCUT2D eigenvalue weighted by atomic mass is 32.1. The highest BCUT2D eigenvalue weighted by molar-refractivity contribution is 7.80. The van der Waals surface area contributed by atoms with Crippen molar-refractivity contribution in [3.05, 3.63) is 39.9 Å². The maximum absolute atomic E-state index is 12.8. The molecular weight excluding hydrogens is 364 g/mol. The molecule has 2 aromatic rings. The van der Waals surface area contributed by atoms with Crippen molar-refractivity contribution in [3.63, 3.8) is 0 Å². The Labute approximate surface area is 161 Å². The number of furan rings is 1. The molecule has 1 aliphatic carbocycles. The molecule has 0 spiro atoms. The molecule has 2 aromatic heterocycles. The summed E-state index contributed by atoms with van der Waals surface area (Å²) >= 11 is 5.29. The van der Waals surface area contributed by atoms with Gasteiger partial charge in [0, 0.05) is 6.04 Å². The van der Waals surface area contributed by atoms with Gasteiger partial charge in [0.05, 0.1) is 11.8 Å². The van der Waals surface area contributed by atoms with Gasteiger partial charge in [0.15, 0.2) is 5.11 Å². The Balaban J connectivity index is 1.99. The number of rotatable bonds is 3. The zero-order valence-electron chi connectivity index (χ0n) is 14.5. The lowest BCUT2D eigenvalue weighted by Gasteiger charge is -2.25. The molecule has 9 heteroatoms. The molecule has 0 aliphatic heterocycles. The third-order valence-electron chi connectivity index (χ3n) is 4.56. The van der Waals surface area contributed by atoms with Crippen molar-refractivity contribution in [1.82, 2.24) is 9.99 Å². The van der Waals surface area contributed by atoms with E-state index in [0.717, 1.165) is 30.4 Å². The molecule has 138 valence electrons. The zero-order chi connectivity index (χ0) is 19.4. The SMILES string of the molecule is N#Cc1c(-c2ccco2)c(C#N)c(=O)n(NC(=S)NC2CCCCC2)c1N. The van der Waals surface area contributed by atoms with Crippen molar-refractivity contribution in [2.24, 2.45) is 0 Å². The second-order valence-electron chi connectivity index (χ2n) is 6.27. The quantitative estimate of drug-likeness (QED) is 0.688. The highest BCUT2D eigenvalue weighted by Crippen LogP contribution is 2.29. The molecule has 1 saturated carbocycles. The minimum absolute atomic E-state index is 0.0333. The lowest BCUT2D eigenvalue weighted by Crippen LogP contribution is -2.45. The van der Waals surface area contributed by atoms with Gasteiger partial charge >= 0.3 is 0 Å². The number of thiocarbonyl (C=S) groups is 1. The second-order valence-corrected chi connectivity index (χ2v) is 6.68. The maximum atomic E-state index is 12.8. The Morgan fingerprint density at radius 1 is 1.26 bits per heavy atom. The Morgan fingerprint density at radius 2 is 1.96 bits per heavy atom. The van der Waals surface area contributed by atoms with Gasteiger partial charge in [-0.25, -0.2) is 0 Å². The third-order valence-corrected chi connectivity index (χ3v) is 4.77. The number of nitrogens with one attached hydrogen (secondary N) is 2. The van der Waals surface area contributed by atoms with Crippen LogP contribution < -0.4 is 22.0 Å². The van der Waals surface area contributed by atoms with Crippen molar-refractivity contribution in [2.75, 3.05) is 11.2 Å². The first kappa shape index (κ1) is 18.5. The Bertz CT molecular complexity index is 991. The van der Waals surface area contributed by atoms with E-state index < -0.39 is 5.56 Å². The van der Waals surface area contributed by atoms with Gasteiger partial charge in [0.2, 0.25) is 0 Å². The molecule has 0 amide bonds. The first-order chi connectivity index (χ1) is 13.1. The largest absolute Gasteiger partial charge is 0.464 e. The van der Waals surface area contributed by atoms with Gasteiger partial charge in [-0.15, -0.1) is 0 Å². The van der Waals surface area contributed by atoms with Gasteiger partial charge in [0.1, 0.15) is 34.8 Å². The van der Waals surface area contributed by atoms with Crippen LogP contribution in [0.2, 0.25) is 0 Å². The standard InChI is InChI=1S/C18H18N6O2S/c19-9-12-15(14-7-4-8-26-14)13(10-20)17(25)24(16(12)21)23-18(27)22-11-5-2-1-3-6-11/h4,7-8,11H,1-3,5-6,21H2,(H2,22,23,27). The molecule has 0 atom stereocenters. The van der Waals surface area contributed by atoms with E-state index in [-0.39, 0.29) is 39.4 Å². The summed E-state index contributed by atoms with van der Waals surface area (Å²) in [6, 6.07) is 7.18. The average molecular weight is 382 g/mol. The zero-order valence-corrected chi connectivity index (χ0v) is 15.3. The van der Waals surface area contributed by atoms with Crippen LogP contribution in [0.1, 0.15) is 43.2 Å². The molecule has 4 N–H and O–H groups in total. The Kier molecular flexibility index (Phi) is 5.43. The molecule has 0 saturated heterocycles. The molecule has 27 heavy (non-hydrogen) atoms. The monoisotopic (exact) mass is 382 g/mol. The highest BCUT2D eigenvalue weighted by Gasteiger charge is 2.24. The molecule has 0 unspecified atom stereocenters. The van der Waals surface area contributed by atoms with Crippen molar-refractivity contribution in [3.8, 4) is 23.5 Å². The molecule has 0 bridgehead atoms. The number of anilines is 1. The van der Waals surface area contributed by atoms with Crippen LogP contribution in [0, 0.1) is 22.7 Å². The second kappa shape index (κ2) is 7.94. The van der Waals surface area contributed by atoms with Crippen LogP contribution in [-0.4, -0.2) is 15.8 Å². The average Bonchev–Trinajstić information content (AvgIpc) is 3.20. The number of nitrogen functional groups attached to an aromatic ring is 1. The predicted molar refractivity (Wildman–Crippen MR) is 104 cm³/mol. The van der Waals surface area contributed by atoms with Crippen LogP contribution in [0.4, 0.5) is 5.82 Å². The molecule has 1 aliphatic rings. The van der Waals surface area contributed by atoms with E-state index in [2.05, 4.69) is 10.7 Å². The number of pyridine rings is 1. The van der Waals surface area contributed by atoms with Gasteiger partial charge in [-0.3, -0.25) is 10.2 Å². The summed E-state index contributed by atoms with van der Waals surface area (Å²) in [5.41, 5.74) is 7.86. The topological polar surface area (TPSA) is 133 Å². The summed E-state index contributed by atoms with van der Waals surface area (Å²) < 4.78 is 6.20. The summed E-state index contributed by atoms with van der Waals surface area (Å²) in [6.45, 7) is 0. The summed E-state index contributed by atoms with van der Waals surface area (Å²) in [4.78, 5) is 12.8. The lowest BCUT2D eigenvalue weighted by atomic mass is 9.96. The fraction of sp³-hybridized carbons (Fsp3) is 0.333. The molecule has 0 radical (unpaired) electrons. The van der Waals surface area contributed by atoms with Gasteiger partial charge in [0.25, 0.3) is 5.56 Å². The molecule has 3 rings (SSSR count). The van der Waals surface area contributed by atoms with Gasteiger partial charge in [-0.1, -0.05) is 19.3 Å². The molecule has 0 aromatic carbocycles. The van der Waals surface area contributed by atoms with Crippen LogP contribution >= 0.6 is 12.2 Å². The lowest BCUT2D eigenvalue weighted by molar-refractivity contribution is 0.414. The number of hydrogen-bond donors (Lipinski definition) is 3. The first-order valence-electron chi connectivity index (χ1n) is 8.57. The summed E-state index contributed by atoms with van der Waals surface area (Å²) in [7, 11) is 0. The Hall–Kier alpha value is -3.30. The minimum Gasteiger partial charge on any atom is -0.464 e. The van der Waals surface area contributed by atoms with E-state index in [4.69, 9.17) is 22.4 Å². The van der Waals surface area contributed by atoms with E-state index in [1.54, 1.807) is 12.1 Å². The predicted octanol–water partition coefficient (Wildman–Crippen LogP) is 2.18. The maximum Gasteiger partial charge on any atom is 0.289 e. The van der Waals surface area contributed by atoms with Crippen molar-refractivity contribution < 1.29 is 4.42 Å². The number of aromatic nitrogens is 1. The molecule has 2 heterocycles. The fourth-order valence-corrected chi connectivity index (χ4v) is 3.51. The summed E-state index contributed by atoms with van der Waals surface area (Å²) in [6.07, 6.45) is 6.83. The normalized spacial score (nSPS) is 14.1. The van der Waals surface area contributed by atoms with E-state index >= 15 is 0 Å². The first-order valence-corrected chi connectivity index (χ1v) is 8.97. The van der Waals surface area contributed by atoms with Crippen LogP contribution in [0.5, 0.6) is 0 Å². The number of nitriles is 2. The molecule has 8 nitrogen and oxygen atoms in total. The van der Waals surface area contributed by atoms with Crippen LogP contribution in [-0.2, 0) is 0 Å². The fourth-order valence-electron chi connectivity index (χ4n) is 3.25. The van der Waals surface area contributed by atoms with Crippen molar-refractivity contribution >= 4 is 23.1 Å². The van der Waals surface area contributed by atoms with Crippen molar-refractivity contribution in [2.45, 2.75) is 38.1 Å². The molecule has 1 fully saturated rings. The minimum atomic E-state index is -0.701. The van der Waals surface area contributed by atoms with E-state index in [1.807, 2.05) is 12.1 Å². The smallest absolute Gasteiger partial charge is 0.289 e. The van der Waals surface area contributed by atoms with Gasteiger partial charge in [-0.05, 0) is 37.2 Å². The van der Waals surface area contributed by atoms with Crippen molar-refractivity contribution in [1.29, 1.82) is 10.5 Å². The summed E-state index contributed by atoms with van der Waals surface area (Å²) in [5.74, 6) is 0.0858. The number of hydrogen-bond acceptors (Lipinski definition) is 6. The van der Waals surface area contributed by atoms with Crippen LogP contribution in [0.25, 0.3) is 11.3 Å². The van der Waals surface area contributed by atoms with E-state index in [1.165, 1.54) is 12.7 Å². The number of nitrogens with zero attached hydrogens (tertiary/aromatic N) is 3. The van der Waals surface area contributed by atoms with E-state index in [0.29, 0.717) is 0 Å². The number of nitrogens with two attached hydrogens (primary N) is 1. The Morgan fingerprint density at radius 3 is 2.56 bits per heavy atom. The van der Waals surface area contributed by atoms with E-state index in [9.17, 15) is 15.3 Å². The molecular formula is C18H18N6O2S.